The molecule has 8 heteroatoms. The van der Waals surface area contributed by atoms with Gasteiger partial charge >= 0.3 is 6.09 Å². The maximum absolute atomic E-state index is 13.3. The summed E-state index contributed by atoms with van der Waals surface area (Å²) in [4.78, 5) is 30.4. The predicted molar refractivity (Wildman–Crippen MR) is 122 cm³/mol. The lowest BCUT2D eigenvalue weighted by Crippen LogP contribution is -2.46. The summed E-state index contributed by atoms with van der Waals surface area (Å²) in [7, 11) is 1.99. The van der Waals surface area contributed by atoms with Crippen LogP contribution in [0.3, 0.4) is 0 Å². The fourth-order valence-electron chi connectivity index (χ4n) is 4.67. The summed E-state index contributed by atoms with van der Waals surface area (Å²) in [6, 6.07) is 12.0. The van der Waals surface area contributed by atoms with E-state index in [-0.39, 0.29) is 11.9 Å². The lowest BCUT2D eigenvalue weighted by Gasteiger charge is -2.31. The Kier molecular flexibility index (Phi) is 4.84. The van der Waals surface area contributed by atoms with Crippen molar-refractivity contribution in [3.8, 4) is 11.1 Å². The van der Waals surface area contributed by atoms with Crippen molar-refractivity contribution >= 4 is 28.6 Å². The molecule has 32 heavy (non-hydrogen) atoms. The van der Waals surface area contributed by atoms with Crippen LogP contribution >= 0.6 is 0 Å². The highest BCUT2D eigenvalue weighted by atomic mass is 16.4. The number of aromatic nitrogens is 3. The van der Waals surface area contributed by atoms with E-state index in [0.29, 0.717) is 31.6 Å². The van der Waals surface area contributed by atoms with Crippen LogP contribution in [0.1, 0.15) is 28.9 Å². The number of aryl methyl sites for hydroxylation is 2. The fourth-order valence-corrected chi connectivity index (χ4v) is 4.67. The van der Waals surface area contributed by atoms with Crippen molar-refractivity contribution in [2.45, 2.75) is 25.8 Å². The van der Waals surface area contributed by atoms with Crippen LogP contribution in [0.2, 0.25) is 0 Å². The first-order valence-corrected chi connectivity index (χ1v) is 10.7. The number of carbonyl (C=O) groups is 2. The van der Waals surface area contributed by atoms with Crippen molar-refractivity contribution in [2.24, 2.45) is 7.05 Å². The smallest absolute Gasteiger partial charge is 0.404 e. The minimum Gasteiger partial charge on any atom is -0.465 e. The zero-order valence-corrected chi connectivity index (χ0v) is 18.1. The Morgan fingerprint density at radius 3 is 2.62 bits per heavy atom. The van der Waals surface area contributed by atoms with Gasteiger partial charge in [-0.3, -0.25) is 4.79 Å². The molecule has 0 radical (unpaired) electrons. The highest BCUT2D eigenvalue weighted by Crippen LogP contribution is 2.32. The van der Waals surface area contributed by atoms with E-state index in [9.17, 15) is 9.59 Å². The van der Waals surface area contributed by atoms with Gasteiger partial charge in [0.2, 0.25) is 0 Å². The van der Waals surface area contributed by atoms with E-state index in [4.69, 9.17) is 5.11 Å². The van der Waals surface area contributed by atoms with Gasteiger partial charge in [-0.1, -0.05) is 6.07 Å². The number of piperidine rings is 1. The molecule has 1 aliphatic heterocycles. The Hall–Kier alpha value is -3.81. The molecule has 2 N–H and O–H groups in total. The molecular weight excluding hydrogens is 406 g/mol. The van der Waals surface area contributed by atoms with Crippen LogP contribution < -0.4 is 5.32 Å². The third kappa shape index (κ3) is 3.37. The fraction of sp³-hybridized carbons (Fsp3) is 0.292. The largest absolute Gasteiger partial charge is 0.465 e. The predicted octanol–water partition coefficient (Wildman–Crippen LogP) is 3.67. The zero-order valence-electron chi connectivity index (χ0n) is 18.1. The Morgan fingerprint density at radius 1 is 1.09 bits per heavy atom. The van der Waals surface area contributed by atoms with Crippen LogP contribution in [0.25, 0.3) is 27.7 Å². The quantitative estimate of drug-likeness (QED) is 0.518. The van der Waals surface area contributed by atoms with E-state index in [1.807, 2.05) is 46.7 Å². The van der Waals surface area contributed by atoms with Crippen molar-refractivity contribution in [2.75, 3.05) is 13.1 Å². The molecule has 4 aromatic rings. The highest BCUT2D eigenvalue weighted by molar-refractivity contribution is 5.96. The van der Waals surface area contributed by atoms with E-state index in [2.05, 4.69) is 35.4 Å². The summed E-state index contributed by atoms with van der Waals surface area (Å²) in [6.45, 7) is 3.16. The molecule has 0 bridgehead atoms. The standard InChI is InChI=1S/C24H25N5O3/c1-15-12-22-19(25-14-27(22)2)13-18(15)17-4-3-9-29-20(17)5-6-21(29)23(30)28-10-7-16(8-11-28)26-24(31)32/h3-6,9,12-14,16,26H,7-8,10-11H2,1-2H3,(H,31,32). The maximum atomic E-state index is 13.3. The van der Waals surface area contributed by atoms with Gasteiger partial charge < -0.3 is 24.3 Å². The van der Waals surface area contributed by atoms with Crippen molar-refractivity contribution in [3.05, 3.63) is 60.2 Å². The molecule has 2 amide bonds. The molecule has 1 saturated heterocycles. The summed E-state index contributed by atoms with van der Waals surface area (Å²) >= 11 is 0. The number of carbonyl (C=O) groups excluding carboxylic acids is 1. The molecule has 3 aromatic heterocycles. The number of carboxylic acid groups (broad SMARTS) is 1. The summed E-state index contributed by atoms with van der Waals surface area (Å²) in [6.07, 6.45) is 3.96. The summed E-state index contributed by atoms with van der Waals surface area (Å²) in [5, 5.41) is 11.4. The van der Waals surface area contributed by atoms with Gasteiger partial charge in [-0.15, -0.1) is 0 Å². The molecule has 4 heterocycles. The number of rotatable bonds is 3. The Balaban J connectivity index is 1.47. The first kappa shape index (κ1) is 20.1. The third-order valence-corrected chi connectivity index (χ3v) is 6.38. The lowest BCUT2D eigenvalue weighted by molar-refractivity contribution is 0.0699. The zero-order chi connectivity index (χ0) is 22.4. The molecule has 0 saturated carbocycles. The van der Waals surface area contributed by atoms with Gasteiger partial charge in [-0.25, -0.2) is 9.78 Å². The number of pyridine rings is 1. The van der Waals surface area contributed by atoms with Crippen molar-refractivity contribution in [1.82, 2.24) is 24.2 Å². The number of fused-ring (bicyclic) bond motifs is 2. The number of hydrogen-bond donors (Lipinski definition) is 2. The van der Waals surface area contributed by atoms with Gasteiger partial charge in [0.25, 0.3) is 5.91 Å². The number of amides is 2. The maximum Gasteiger partial charge on any atom is 0.404 e. The summed E-state index contributed by atoms with van der Waals surface area (Å²) in [5.41, 5.74) is 6.91. The third-order valence-electron chi connectivity index (χ3n) is 6.38. The second kappa shape index (κ2) is 7.71. The second-order valence-electron chi connectivity index (χ2n) is 8.42. The van der Waals surface area contributed by atoms with Gasteiger partial charge in [0.1, 0.15) is 5.69 Å². The molecule has 5 rings (SSSR count). The molecule has 0 atom stereocenters. The van der Waals surface area contributed by atoms with Gasteiger partial charge in [-0.05, 0) is 61.2 Å². The molecule has 1 aromatic carbocycles. The van der Waals surface area contributed by atoms with Crippen LogP contribution in [0, 0.1) is 6.92 Å². The Bertz CT molecular complexity index is 1340. The minimum atomic E-state index is -1.01. The molecule has 0 unspecified atom stereocenters. The van der Waals surface area contributed by atoms with Crippen molar-refractivity contribution in [3.63, 3.8) is 0 Å². The van der Waals surface area contributed by atoms with E-state index in [0.717, 1.165) is 33.2 Å². The van der Waals surface area contributed by atoms with Gasteiger partial charge in [0.05, 0.1) is 22.9 Å². The average molecular weight is 431 g/mol. The molecule has 1 aliphatic rings. The van der Waals surface area contributed by atoms with Crippen LogP contribution in [0.5, 0.6) is 0 Å². The van der Waals surface area contributed by atoms with Gasteiger partial charge in [0.15, 0.2) is 0 Å². The van der Waals surface area contributed by atoms with Gasteiger partial charge in [-0.2, -0.15) is 0 Å². The van der Waals surface area contributed by atoms with E-state index >= 15 is 0 Å². The number of nitrogens with one attached hydrogen (secondary N) is 1. The van der Waals surface area contributed by atoms with Crippen molar-refractivity contribution < 1.29 is 14.7 Å². The molecule has 0 spiro atoms. The Labute approximate surface area is 185 Å². The van der Waals surface area contributed by atoms with E-state index in [1.54, 1.807) is 4.90 Å². The van der Waals surface area contributed by atoms with Crippen LogP contribution in [-0.4, -0.2) is 55.1 Å². The average Bonchev–Trinajstić information content (AvgIpc) is 3.36. The van der Waals surface area contributed by atoms with E-state index in [1.165, 1.54) is 0 Å². The van der Waals surface area contributed by atoms with Crippen LogP contribution in [0.4, 0.5) is 4.79 Å². The molecular formula is C24H25N5O3. The number of nitrogens with zero attached hydrogens (tertiary/aromatic N) is 4. The number of hydrogen-bond acceptors (Lipinski definition) is 3. The molecule has 0 aliphatic carbocycles. The molecule has 1 fully saturated rings. The minimum absolute atomic E-state index is 0.0344. The normalized spacial score (nSPS) is 14.9. The topological polar surface area (TPSA) is 91.9 Å². The second-order valence-corrected chi connectivity index (χ2v) is 8.42. The molecule has 164 valence electrons. The number of imidazole rings is 1. The monoisotopic (exact) mass is 431 g/mol. The van der Waals surface area contributed by atoms with Gasteiger partial charge in [0, 0.05) is 37.9 Å². The number of benzene rings is 1. The Morgan fingerprint density at radius 2 is 1.88 bits per heavy atom. The van der Waals surface area contributed by atoms with Crippen LogP contribution in [0.15, 0.2) is 48.9 Å². The van der Waals surface area contributed by atoms with Crippen LogP contribution in [-0.2, 0) is 7.05 Å². The molecule has 8 nitrogen and oxygen atoms in total. The number of likely N-dealkylation sites (tertiary alicyclic amines) is 1. The summed E-state index contributed by atoms with van der Waals surface area (Å²) in [5.74, 6) is -0.0344. The SMILES string of the molecule is Cc1cc2c(cc1-c1cccn3c(C(=O)N4CCC(NC(=O)O)CC4)ccc13)ncn2C. The first-order chi connectivity index (χ1) is 15.4. The summed E-state index contributed by atoms with van der Waals surface area (Å²) < 4.78 is 3.96. The van der Waals surface area contributed by atoms with Crippen molar-refractivity contribution in [1.29, 1.82) is 0 Å². The highest BCUT2D eigenvalue weighted by Gasteiger charge is 2.26. The van der Waals surface area contributed by atoms with E-state index < -0.39 is 6.09 Å². The first-order valence-electron chi connectivity index (χ1n) is 10.7. The lowest BCUT2D eigenvalue weighted by atomic mass is 9.99.